The fourth-order valence-corrected chi connectivity index (χ4v) is 1.69. The Morgan fingerprint density at radius 2 is 2.38 bits per heavy atom. The quantitative estimate of drug-likeness (QED) is 0.461. The summed E-state index contributed by atoms with van der Waals surface area (Å²) in [5.41, 5.74) is 1.78. The summed E-state index contributed by atoms with van der Waals surface area (Å²) in [6.45, 7) is 3.50. The Bertz CT molecular complexity index is 448. The van der Waals surface area contributed by atoms with E-state index in [2.05, 4.69) is 16.8 Å². The highest BCUT2D eigenvalue weighted by Gasteiger charge is 1.97. The summed E-state index contributed by atoms with van der Waals surface area (Å²) >= 11 is 7.17. The lowest BCUT2D eigenvalue weighted by molar-refractivity contribution is -0.109. The van der Waals surface area contributed by atoms with Crippen LogP contribution in [0.2, 0.25) is 5.15 Å². The van der Waals surface area contributed by atoms with E-state index in [0.29, 0.717) is 11.6 Å². The first kappa shape index (κ1) is 13.1. The molecule has 16 heavy (non-hydrogen) atoms. The van der Waals surface area contributed by atoms with E-state index in [9.17, 15) is 4.79 Å². The Balaban J connectivity index is 2.56. The van der Waals surface area contributed by atoms with Gasteiger partial charge in [-0.1, -0.05) is 35.2 Å². The van der Waals surface area contributed by atoms with Gasteiger partial charge in [-0.3, -0.25) is 4.79 Å². The van der Waals surface area contributed by atoms with Crippen molar-refractivity contribution in [1.29, 1.82) is 0 Å². The van der Waals surface area contributed by atoms with Gasteiger partial charge in [-0.05, 0) is 18.6 Å². The van der Waals surface area contributed by atoms with Crippen molar-refractivity contribution >= 4 is 28.5 Å². The largest absolute Gasteiger partial charge is 0.288 e. The van der Waals surface area contributed by atoms with Crippen LogP contribution in [0.3, 0.4) is 0 Å². The average Bonchev–Trinajstić information content (AvgIpc) is 2.22. The molecule has 0 saturated heterocycles. The van der Waals surface area contributed by atoms with E-state index in [1.807, 2.05) is 13.0 Å². The second-order valence-corrected chi connectivity index (χ2v) is 4.87. The van der Waals surface area contributed by atoms with Crippen LogP contribution >= 0.6 is 23.4 Å². The normalized spacial score (nSPS) is 9.44. The minimum atomic E-state index is 0.122. The average molecular weight is 254 g/mol. The van der Waals surface area contributed by atoms with E-state index in [4.69, 9.17) is 11.6 Å². The predicted molar refractivity (Wildman–Crippen MR) is 68.6 cm³/mol. The lowest BCUT2D eigenvalue weighted by Gasteiger charge is -1.96. The van der Waals surface area contributed by atoms with Gasteiger partial charge in [-0.25, -0.2) is 4.98 Å². The number of halogens is 1. The molecule has 0 aromatic carbocycles. The molecule has 1 aromatic rings. The van der Waals surface area contributed by atoms with Crippen molar-refractivity contribution in [2.24, 2.45) is 0 Å². The van der Waals surface area contributed by atoms with Gasteiger partial charge in [-0.2, -0.15) is 0 Å². The van der Waals surface area contributed by atoms with Crippen LogP contribution in [0.4, 0.5) is 0 Å². The summed E-state index contributed by atoms with van der Waals surface area (Å²) in [5, 5.41) is 0.550. The minimum absolute atomic E-state index is 0.122. The highest BCUT2D eigenvalue weighted by Crippen LogP contribution is 2.12. The van der Waals surface area contributed by atoms with Gasteiger partial charge in [-0.15, -0.1) is 0 Å². The Labute approximate surface area is 105 Å². The van der Waals surface area contributed by atoms with E-state index < -0.39 is 0 Å². The summed E-state index contributed by atoms with van der Waals surface area (Å²) in [6.07, 6.45) is 2.38. The maximum absolute atomic E-state index is 10.7. The Morgan fingerprint density at radius 3 is 3.06 bits per heavy atom. The summed E-state index contributed by atoms with van der Waals surface area (Å²) in [5.74, 6) is 6.66. The van der Waals surface area contributed by atoms with E-state index in [-0.39, 0.29) is 5.12 Å². The summed E-state index contributed by atoms with van der Waals surface area (Å²) < 4.78 is 0. The zero-order chi connectivity index (χ0) is 12.0. The molecular weight excluding hydrogens is 242 g/mol. The van der Waals surface area contributed by atoms with Gasteiger partial charge in [0.15, 0.2) is 5.12 Å². The molecular formula is C12H12ClNOS. The van der Waals surface area contributed by atoms with Gasteiger partial charge in [0.25, 0.3) is 0 Å². The van der Waals surface area contributed by atoms with Crippen molar-refractivity contribution in [2.75, 3.05) is 5.75 Å². The molecule has 0 N–H and O–H groups in total. The number of carbonyl (C=O) groups excluding carboxylic acids is 1. The molecule has 0 aliphatic carbocycles. The molecule has 84 valence electrons. The second-order valence-electron chi connectivity index (χ2n) is 3.24. The minimum Gasteiger partial charge on any atom is -0.288 e. The molecule has 4 heteroatoms. The molecule has 0 unspecified atom stereocenters. The van der Waals surface area contributed by atoms with Gasteiger partial charge in [0.2, 0.25) is 0 Å². The van der Waals surface area contributed by atoms with Gasteiger partial charge >= 0.3 is 0 Å². The van der Waals surface area contributed by atoms with Gasteiger partial charge in [0, 0.05) is 25.3 Å². The van der Waals surface area contributed by atoms with Crippen LogP contribution < -0.4 is 0 Å². The molecule has 0 spiro atoms. The lowest BCUT2D eigenvalue weighted by Crippen LogP contribution is -1.86. The number of hydrogen-bond acceptors (Lipinski definition) is 3. The molecule has 2 nitrogen and oxygen atoms in total. The van der Waals surface area contributed by atoms with E-state index in [1.165, 1.54) is 11.8 Å². The fourth-order valence-electron chi connectivity index (χ4n) is 1.04. The van der Waals surface area contributed by atoms with Gasteiger partial charge in [0.1, 0.15) is 5.15 Å². The van der Waals surface area contributed by atoms with Crippen LogP contribution in [0.15, 0.2) is 12.3 Å². The second kappa shape index (κ2) is 6.57. The summed E-state index contributed by atoms with van der Waals surface area (Å²) in [7, 11) is 0. The highest BCUT2D eigenvalue weighted by molar-refractivity contribution is 8.13. The topological polar surface area (TPSA) is 30.0 Å². The third-order valence-electron chi connectivity index (χ3n) is 1.73. The van der Waals surface area contributed by atoms with Crippen molar-refractivity contribution in [2.45, 2.75) is 20.3 Å². The number of pyridine rings is 1. The number of carbonyl (C=O) groups is 1. The first-order valence-electron chi connectivity index (χ1n) is 4.84. The molecule has 0 bridgehead atoms. The third kappa shape index (κ3) is 4.69. The first-order valence-corrected chi connectivity index (χ1v) is 6.20. The van der Waals surface area contributed by atoms with Crippen molar-refractivity contribution in [3.05, 3.63) is 28.5 Å². The number of aryl methyl sites for hydroxylation is 1. The SMILES string of the molecule is CC(=O)SCCC#Cc1cc(C)cnc1Cl. The maximum Gasteiger partial charge on any atom is 0.185 e. The van der Waals surface area contributed by atoms with Crippen molar-refractivity contribution < 1.29 is 4.79 Å². The van der Waals surface area contributed by atoms with Crippen LogP contribution in [0.5, 0.6) is 0 Å². The molecule has 1 rings (SSSR count). The summed E-state index contributed by atoms with van der Waals surface area (Å²) in [4.78, 5) is 14.7. The maximum atomic E-state index is 10.7. The Hall–Kier alpha value is -0.980. The smallest absolute Gasteiger partial charge is 0.185 e. The first-order chi connectivity index (χ1) is 7.59. The number of rotatable bonds is 2. The zero-order valence-corrected chi connectivity index (χ0v) is 10.8. The van der Waals surface area contributed by atoms with Crippen LogP contribution in [0.25, 0.3) is 0 Å². The lowest BCUT2D eigenvalue weighted by atomic mass is 10.2. The van der Waals surface area contributed by atoms with Crippen molar-refractivity contribution in [3.63, 3.8) is 0 Å². The Morgan fingerprint density at radius 1 is 1.62 bits per heavy atom. The molecule has 1 heterocycles. The van der Waals surface area contributed by atoms with Gasteiger partial charge < -0.3 is 0 Å². The molecule has 0 radical (unpaired) electrons. The fraction of sp³-hybridized carbons (Fsp3) is 0.333. The van der Waals surface area contributed by atoms with E-state index in [0.717, 1.165) is 16.9 Å². The van der Waals surface area contributed by atoms with Crippen LogP contribution in [0, 0.1) is 18.8 Å². The highest BCUT2D eigenvalue weighted by atomic mass is 35.5. The molecule has 0 amide bonds. The number of thioether (sulfide) groups is 1. The standard InChI is InChI=1S/C12H12ClNOS/c1-9-7-11(12(13)14-8-9)5-3-4-6-16-10(2)15/h7-8H,4,6H2,1-2H3. The van der Waals surface area contributed by atoms with E-state index >= 15 is 0 Å². The number of nitrogens with zero attached hydrogens (tertiary/aromatic N) is 1. The van der Waals surface area contributed by atoms with Crippen LogP contribution in [-0.4, -0.2) is 15.9 Å². The van der Waals surface area contributed by atoms with Crippen molar-refractivity contribution in [3.8, 4) is 11.8 Å². The molecule has 1 aromatic heterocycles. The number of aromatic nitrogens is 1. The Kier molecular flexibility index (Phi) is 5.37. The summed E-state index contributed by atoms with van der Waals surface area (Å²) in [6, 6.07) is 1.90. The van der Waals surface area contributed by atoms with E-state index in [1.54, 1.807) is 13.1 Å². The van der Waals surface area contributed by atoms with Gasteiger partial charge in [0.05, 0.1) is 5.56 Å². The molecule has 0 saturated carbocycles. The molecule has 0 atom stereocenters. The predicted octanol–water partition coefficient (Wildman–Crippen LogP) is 3.06. The molecule has 0 aliphatic rings. The van der Waals surface area contributed by atoms with Crippen LogP contribution in [-0.2, 0) is 4.79 Å². The zero-order valence-electron chi connectivity index (χ0n) is 9.21. The monoisotopic (exact) mass is 253 g/mol. The molecule has 0 aliphatic heterocycles. The number of hydrogen-bond donors (Lipinski definition) is 0. The third-order valence-corrected chi connectivity index (χ3v) is 2.85. The van der Waals surface area contributed by atoms with Crippen molar-refractivity contribution in [1.82, 2.24) is 4.98 Å². The van der Waals surface area contributed by atoms with Crippen LogP contribution in [0.1, 0.15) is 24.5 Å². The molecule has 0 fully saturated rings.